The van der Waals surface area contributed by atoms with Crippen LogP contribution < -0.4 is 5.32 Å². The number of nitrogens with zero attached hydrogens (tertiary/aromatic N) is 2. The molecule has 3 rings (SSSR count). The first kappa shape index (κ1) is 17.1. The van der Waals surface area contributed by atoms with Gasteiger partial charge in [0.2, 0.25) is 5.91 Å². The summed E-state index contributed by atoms with van der Waals surface area (Å²) in [4.78, 5) is 24.4. The van der Waals surface area contributed by atoms with Crippen molar-refractivity contribution in [1.82, 2.24) is 20.3 Å². The standard InChI is InChI=1S/C20H24N4O/c1-4-16(15-6-5-11-21-12-15)23-19(25)10-9-18-22-17-8-7-13(2)14(3)20(17)24-18/h5-8,11-12,16H,4,9-10H2,1-3H3,(H,22,24)(H,23,25). The summed E-state index contributed by atoms with van der Waals surface area (Å²) in [6, 6.07) is 8.02. The summed E-state index contributed by atoms with van der Waals surface area (Å²) < 4.78 is 0. The van der Waals surface area contributed by atoms with E-state index < -0.39 is 0 Å². The fourth-order valence-electron chi connectivity index (χ4n) is 2.98. The zero-order valence-corrected chi connectivity index (χ0v) is 15.0. The van der Waals surface area contributed by atoms with Crippen molar-refractivity contribution in [2.24, 2.45) is 0 Å². The molecule has 0 radical (unpaired) electrons. The molecule has 1 amide bonds. The Morgan fingerprint density at radius 3 is 2.84 bits per heavy atom. The molecule has 0 bridgehead atoms. The third-order valence-corrected chi connectivity index (χ3v) is 4.65. The van der Waals surface area contributed by atoms with E-state index >= 15 is 0 Å². The van der Waals surface area contributed by atoms with Gasteiger partial charge >= 0.3 is 0 Å². The van der Waals surface area contributed by atoms with Gasteiger partial charge in [0.05, 0.1) is 17.1 Å². The number of aromatic amines is 1. The number of aryl methyl sites for hydroxylation is 3. The summed E-state index contributed by atoms with van der Waals surface area (Å²) >= 11 is 0. The van der Waals surface area contributed by atoms with Crippen molar-refractivity contribution < 1.29 is 4.79 Å². The van der Waals surface area contributed by atoms with Crippen LogP contribution in [0.1, 0.15) is 48.3 Å². The molecule has 0 saturated heterocycles. The number of hydrogen-bond donors (Lipinski definition) is 2. The van der Waals surface area contributed by atoms with Crippen molar-refractivity contribution in [2.75, 3.05) is 0 Å². The number of rotatable bonds is 6. The smallest absolute Gasteiger partial charge is 0.220 e. The minimum Gasteiger partial charge on any atom is -0.349 e. The van der Waals surface area contributed by atoms with E-state index in [0.29, 0.717) is 12.8 Å². The van der Waals surface area contributed by atoms with Gasteiger partial charge in [0.25, 0.3) is 0 Å². The molecule has 5 heteroatoms. The number of carbonyl (C=O) groups is 1. The molecule has 25 heavy (non-hydrogen) atoms. The molecule has 5 nitrogen and oxygen atoms in total. The van der Waals surface area contributed by atoms with E-state index in [2.05, 4.69) is 47.1 Å². The second kappa shape index (κ2) is 7.47. The molecule has 3 aromatic rings. The zero-order valence-electron chi connectivity index (χ0n) is 15.0. The zero-order chi connectivity index (χ0) is 17.8. The molecule has 1 atom stereocenters. The Labute approximate surface area is 147 Å². The van der Waals surface area contributed by atoms with Gasteiger partial charge < -0.3 is 10.3 Å². The quantitative estimate of drug-likeness (QED) is 0.720. The molecule has 2 aromatic heterocycles. The van der Waals surface area contributed by atoms with Gasteiger partial charge in [0, 0.05) is 25.2 Å². The maximum atomic E-state index is 12.3. The van der Waals surface area contributed by atoms with Crippen LogP contribution in [-0.4, -0.2) is 20.9 Å². The lowest BCUT2D eigenvalue weighted by molar-refractivity contribution is -0.121. The number of amides is 1. The highest BCUT2D eigenvalue weighted by atomic mass is 16.1. The van der Waals surface area contributed by atoms with E-state index in [0.717, 1.165) is 28.8 Å². The van der Waals surface area contributed by atoms with Crippen LogP contribution >= 0.6 is 0 Å². The number of hydrogen-bond acceptors (Lipinski definition) is 3. The summed E-state index contributed by atoms with van der Waals surface area (Å²) in [5.41, 5.74) is 5.48. The Morgan fingerprint density at radius 2 is 2.12 bits per heavy atom. The van der Waals surface area contributed by atoms with Gasteiger partial charge in [0.1, 0.15) is 5.82 Å². The Morgan fingerprint density at radius 1 is 1.28 bits per heavy atom. The first-order chi connectivity index (χ1) is 12.1. The molecular weight excluding hydrogens is 312 g/mol. The second-order valence-electron chi connectivity index (χ2n) is 6.40. The lowest BCUT2D eigenvalue weighted by Crippen LogP contribution is -2.28. The van der Waals surface area contributed by atoms with Crippen molar-refractivity contribution in [3.8, 4) is 0 Å². The number of nitrogens with one attached hydrogen (secondary N) is 2. The van der Waals surface area contributed by atoms with Crippen molar-refractivity contribution in [2.45, 2.75) is 46.1 Å². The predicted molar refractivity (Wildman–Crippen MR) is 99.3 cm³/mol. The summed E-state index contributed by atoms with van der Waals surface area (Å²) in [5, 5.41) is 3.09. The predicted octanol–water partition coefficient (Wildman–Crippen LogP) is 3.77. The van der Waals surface area contributed by atoms with Crippen LogP contribution in [0.2, 0.25) is 0 Å². The van der Waals surface area contributed by atoms with Crippen LogP contribution in [0.25, 0.3) is 11.0 Å². The summed E-state index contributed by atoms with van der Waals surface area (Å²) in [5.74, 6) is 0.886. The molecule has 1 aromatic carbocycles. The summed E-state index contributed by atoms with van der Waals surface area (Å²) in [6.45, 7) is 6.22. The van der Waals surface area contributed by atoms with Crippen LogP contribution in [0.15, 0.2) is 36.7 Å². The molecule has 130 valence electrons. The minimum absolute atomic E-state index is 0.00164. The molecular formula is C20H24N4O. The van der Waals surface area contributed by atoms with Gasteiger partial charge in [-0.25, -0.2) is 4.98 Å². The van der Waals surface area contributed by atoms with Gasteiger partial charge in [-0.3, -0.25) is 9.78 Å². The molecule has 2 N–H and O–H groups in total. The van der Waals surface area contributed by atoms with Gasteiger partial charge in [-0.2, -0.15) is 0 Å². The van der Waals surface area contributed by atoms with E-state index in [-0.39, 0.29) is 11.9 Å². The van der Waals surface area contributed by atoms with E-state index in [4.69, 9.17) is 0 Å². The molecule has 0 fully saturated rings. The number of H-pyrrole nitrogens is 1. The van der Waals surface area contributed by atoms with Crippen LogP contribution in [0.5, 0.6) is 0 Å². The minimum atomic E-state index is 0.00164. The monoisotopic (exact) mass is 336 g/mol. The first-order valence-corrected chi connectivity index (χ1v) is 8.72. The fourth-order valence-corrected chi connectivity index (χ4v) is 2.98. The Balaban J connectivity index is 1.63. The van der Waals surface area contributed by atoms with Gasteiger partial charge in [0.15, 0.2) is 0 Å². The van der Waals surface area contributed by atoms with Crippen molar-refractivity contribution in [3.05, 3.63) is 59.2 Å². The van der Waals surface area contributed by atoms with E-state index in [1.807, 2.05) is 18.2 Å². The number of imidazole rings is 1. The lowest BCUT2D eigenvalue weighted by Gasteiger charge is -2.16. The maximum absolute atomic E-state index is 12.3. The van der Waals surface area contributed by atoms with E-state index in [1.165, 1.54) is 11.1 Å². The normalized spacial score (nSPS) is 12.3. The van der Waals surface area contributed by atoms with Crippen LogP contribution in [0.4, 0.5) is 0 Å². The average molecular weight is 336 g/mol. The maximum Gasteiger partial charge on any atom is 0.220 e. The van der Waals surface area contributed by atoms with Crippen molar-refractivity contribution in [3.63, 3.8) is 0 Å². The number of fused-ring (bicyclic) bond motifs is 1. The molecule has 0 aliphatic carbocycles. The third-order valence-electron chi connectivity index (χ3n) is 4.65. The largest absolute Gasteiger partial charge is 0.349 e. The lowest BCUT2D eigenvalue weighted by atomic mass is 10.1. The van der Waals surface area contributed by atoms with Crippen molar-refractivity contribution in [1.29, 1.82) is 0 Å². The number of benzene rings is 1. The highest BCUT2D eigenvalue weighted by Gasteiger charge is 2.14. The number of pyridine rings is 1. The molecule has 0 aliphatic rings. The molecule has 0 spiro atoms. The van der Waals surface area contributed by atoms with E-state index in [9.17, 15) is 4.79 Å². The van der Waals surface area contributed by atoms with Crippen molar-refractivity contribution >= 4 is 16.9 Å². The number of carbonyl (C=O) groups excluding carboxylic acids is 1. The second-order valence-corrected chi connectivity index (χ2v) is 6.40. The Hall–Kier alpha value is -2.69. The average Bonchev–Trinajstić information content (AvgIpc) is 3.06. The topological polar surface area (TPSA) is 70.7 Å². The molecule has 0 aliphatic heterocycles. The number of aromatic nitrogens is 3. The Kier molecular flexibility index (Phi) is 5.12. The van der Waals surface area contributed by atoms with Gasteiger partial charge in [-0.15, -0.1) is 0 Å². The third kappa shape index (κ3) is 3.87. The molecule has 2 heterocycles. The highest BCUT2D eigenvalue weighted by Crippen LogP contribution is 2.20. The summed E-state index contributed by atoms with van der Waals surface area (Å²) in [7, 11) is 0. The van der Waals surface area contributed by atoms with Crippen LogP contribution in [0.3, 0.4) is 0 Å². The summed E-state index contributed by atoms with van der Waals surface area (Å²) in [6.07, 6.45) is 5.39. The Bertz CT molecular complexity index is 870. The fraction of sp³-hybridized carbons (Fsp3) is 0.350. The van der Waals surface area contributed by atoms with Gasteiger partial charge in [-0.1, -0.05) is 19.1 Å². The molecule has 1 unspecified atom stereocenters. The SMILES string of the molecule is CCC(NC(=O)CCc1nc2c(C)c(C)ccc2[nH]1)c1cccnc1. The van der Waals surface area contributed by atoms with Gasteiger partial charge in [-0.05, 0) is 49.1 Å². The first-order valence-electron chi connectivity index (χ1n) is 8.72. The highest BCUT2D eigenvalue weighted by molar-refractivity contribution is 5.80. The molecule has 0 saturated carbocycles. The van der Waals surface area contributed by atoms with Crippen LogP contribution in [-0.2, 0) is 11.2 Å². The van der Waals surface area contributed by atoms with E-state index in [1.54, 1.807) is 12.4 Å². The van der Waals surface area contributed by atoms with Crippen LogP contribution in [0, 0.1) is 13.8 Å².